The Kier molecular flexibility index (Phi) is 4.77. The highest BCUT2D eigenvalue weighted by Gasteiger charge is 2.14. The summed E-state index contributed by atoms with van der Waals surface area (Å²) in [5, 5.41) is 5.97. The van der Waals surface area contributed by atoms with Crippen LogP contribution in [-0.2, 0) is 0 Å². The van der Waals surface area contributed by atoms with Gasteiger partial charge in [-0.2, -0.15) is 0 Å². The van der Waals surface area contributed by atoms with Crippen molar-refractivity contribution in [3.63, 3.8) is 0 Å². The zero-order valence-electron chi connectivity index (χ0n) is 11.4. The first-order valence-electron chi connectivity index (χ1n) is 6.19. The third kappa shape index (κ3) is 3.33. The first-order chi connectivity index (χ1) is 10.7. The Morgan fingerprint density at radius 1 is 1.36 bits per heavy atom. The van der Waals surface area contributed by atoms with Crippen LogP contribution in [0.2, 0.25) is 4.34 Å². The van der Waals surface area contributed by atoms with Gasteiger partial charge < -0.3 is 0 Å². The molecule has 0 bridgehead atoms. The molecule has 0 spiro atoms. The molecule has 0 aliphatic heterocycles. The van der Waals surface area contributed by atoms with E-state index in [1.165, 1.54) is 34.4 Å². The number of thioether (sulfide) groups is 1. The van der Waals surface area contributed by atoms with Gasteiger partial charge in [-0.15, -0.1) is 34.4 Å². The maximum atomic E-state index is 12.3. The molecular formula is C14H10ClN3OS3. The molecule has 1 N–H and O–H groups in total. The summed E-state index contributed by atoms with van der Waals surface area (Å²) in [6.45, 7) is 0. The summed E-state index contributed by atoms with van der Waals surface area (Å²) in [7, 11) is 0. The van der Waals surface area contributed by atoms with Crippen LogP contribution >= 0.6 is 46.0 Å². The highest BCUT2D eigenvalue weighted by Crippen LogP contribution is 2.33. The SMILES string of the molecule is CSc1ncccc1C(=O)Nc1nc(-c2ccc(Cl)s2)cs1. The van der Waals surface area contributed by atoms with Gasteiger partial charge in [-0.3, -0.25) is 10.1 Å². The Morgan fingerprint density at radius 3 is 2.95 bits per heavy atom. The molecule has 0 aliphatic carbocycles. The zero-order chi connectivity index (χ0) is 15.5. The van der Waals surface area contributed by atoms with Gasteiger partial charge in [0.25, 0.3) is 5.91 Å². The highest BCUT2D eigenvalue weighted by atomic mass is 35.5. The van der Waals surface area contributed by atoms with Crippen molar-refractivity contribution < 1.29 is 4.79 Å². The largest absolute Gasteiger partial charge is 0.298 e. The number of thiophene rings is 1. The minimum absolute atomic E-state index is 0.206. The summed E-state index contributed by atoms with van der Waals surface area (Å²) < 4.78 is 0.716. The van der Waals surface area contributed by atoms with Crippen molar-refractivity contribution in [2.75, 3.05) is 11.6 Å². The van der Waals surface area contributed by atoms with Gasteiger partial charge in [-0.1, -0.05) is 11.6 Å². The molecule has 0 saturated carbocycles. The number of aromatic nitrogens is 2. The number of hydrogen-bond donors (Lipinski definition) is 1. The average Bonchev–Trinajstić information content (AvgIpc) is 3.16. The van der Waals surface area contributed by atoms with Crippen LogP contribution in [-0.4, -0.2) is 22.1 Å². The summed E-state index contributed by atoms with van der Waals surface area (Å²) >= 11 is 10.2. The van der Waals surface area contributed by atoms with Crippen molar-refractivity contribution in [3.05, 3.63) is 45.7 Å². The number of nitrogens with one attached hydrogen (secondary N) is 1. The standard InChI is InChI=1S/C14H10ClN3OS3/c1-20-13-8(3-2-6-16-13)12(19)18-14-17-9(7-21-14)10-4-5-11(15)22-10/h2-7H,1H3,(H,17,18,19). The molecule has 0 unspecified atom stereocenters. The minimum Gasteiger partial charge on any atom is -0.298 e. The number of carbonyl (C=O) groups excluding carboxylic acids is 1. The van der Waals surface area contributed by atoms with E-state index in [1.807, 2.05) is 23.8 Å². The van der Waals surface area contributed by atoms with Crippen LogP contribution in [0, 0.1) is 0 Å². The monoisotopic (exact) mass is 367 g/mol. The number of thiazole rings is 1. The van der Waals surface area contributed by atoms with Crippen molar-refractivity contribution in [3.8, 4) is 10.6 Å². The van der Waals surface area contributed by atoms with Crippen molar-refractivity contribution in [1.29, 1.82) is 0 Å². The molecule has 4 nitrogen and oxygen atoms in total. The third-order valence-corrected chi connectivity index (χ3v) is 5.48. The van der Waals surface area contributed by atoms with Gasteiger partial charge in [0, 0.05) is 11.6 Å². The number of halogens is 1. The summed E-state index contributed by atoms with van der Waals surface area (Å²) in [6.07, 6.45) is 3.56. The van der Waals surface area contributed by atoms with Gasteiger partial charge in [0.1, 0.15) is 5.03 Å². The van der Waals surface area contributed by atoms with Crippen LogP contribution in [0.5, 0.6) is 0 Å². The van der Waals surface area contributed by atoms with E-state index >= 15 is 0 Å². The van der Waals surface area contributed by atoms with E-state index in [1.54, 1.807) is 18.3 Å². The van der Waals surface area contributed by atoms with E-state index in [2.05, 4.69) is 15.3 Å². The minimum atomic E-state index is -0.206. The second kappa shape index (κ2) is 6.78. The molecular weight excluding hydrogens is 358 g/mol. The fraction of sp³-hybridized carbons (Fsp3) is 0.0714. The molecule has 0 aromatic carbocycles. The van der Waals surface area contributed by atoms with Crippen molar-refractivity contribution in [2.24, 2.45) is 0 Å². The molecule has 0 radical (unpaired) electrons. The fourth-order valence-corrected chi connectivity index (χ4v) is 4.12. The van der Waals surface area contributed by atoms with E-state index in [0.717, 1.165) is 10.6 Å². The number of anilines is 1. The molecule has 0 saturated heterocycles. The van der Waals surface area contributed by atoms with Crippen LogP contribution in [0.4, 0.5) is 5.13 Å². The average molecular weight is 368 g/mol. The lowest BCUT2D eigenvalue weighted by atomic mass is 10.3. The van der Waals surface area contributed by atoms with E-state index in [9.17, 15) is 4.79 Å². The Morgan fingerprint density at radius 2 is 2.23 bits per heavy atom. The molecule has 8 heteroatoms. The zero-order valence-corrected chi connectivity index (χ0v) is 14.6. The molecule has 3 aromatic rings. The number of amides is 1. The summed E-state index contributed by atoms with van der Waals surface area (Å²) in [5.74, 6) is -0.206. The predicted molar refractivity (Wildman–Crippen MR) is 94.4 cm³/mol. The van der Waals surface area contributed by atoms with Crippen molar-refractivity contribution in [1.82, 2.24) is 9.97 Å². The maximum Gasteiger partial charge on any atom is 0.260 e. The first-order valence-corrected chi connectivity index (χ1v) is 9.49. The third-order valence-electron chi connectivity index (χ3n) is 2.76. The van der Waals surface area contributed by atoms with Gasteiger partial charge in [0.05, 0.1) is 20.5 Å². The van der Waals surface area contributed by atoms with Gasteiger partial charge >= 0.3 is 0 Å². The normalized spacial score (nSPS) is 10.6. The van der Waals surface area contributed by atoms with E-state index < -0.39 is 0 Å². The number of carbonyl (C=O) groups is 1. The van der Waals surface area contributed by atoms with Crippen molar-refractivity contribution in [2.45, 2.75) is 5.03 Å². The molecule has 0 fully saturated rings. The predicted octanol–water partition coefficient (Wildman–Crippen LogP) is 4.89. The molecule has 0 aliphatic rings. The second-order valence-electron chi connectivity index (χ2n) is 4.16. The van der Waals surface area contributed by atoms with Gasteiger partial charge in [0.15, 0.2) is 5.13 Å². The Hall–Kier alpha value is -1.41. The van der Waals surface area contributed by atoms with Crippen LogP contribution in [0.1, 0.15) is 10.4 Å². The van der Waals surface area contributed by atoms with E-state index in [0.29, 0.717) is 20.1 Å². The highest BCUT2D eigenvalue weighted by molar-refractivity contribution is 7.98. The second-order valence-corrected chi connectivity index (χ2v) is 7.52. The van der Waals surface area contributed by atoms with Gasteiger partial charge in [-0.25, -0.2) is 9.97 Å². The summed E-state index contributed by atoms with van der Waals surface area (Å²) in [6, 6.07) is 7.25. The summed E-state index contributed by atoms with van der Waals surface area (Å²) in [5.41, 5.74) is 1.36. The van der Waals surface area contributed by atoms with Crippen molar-refractivity contribution >= 4 is 57.1 Å². The Bertz CT molecular complexity index is 815. The number of nitrogens with zero attached hydrogens (tertiary/aromatic N) is 2. The lowest BCUT2D eigenvalue weighted by Crippen LogP contribution is -2.13. The lowest BCUT2D eigenvalue weighted by Gasteiger charge is -2.05. The van der Waals surface area contributed by atoms with E-state index in [4.69, 9.17) is 11.6 Å². The Balaban J connectivity index is 1.79. The molecule has 3 aromatic heterocycles. The molecule has 3 rings (SSSR count). The summed E-state index contributed by atoms with van der Waals surface area (Å²) in [4.78, 5) is 21.9. The lowest BCUT2D eigenvalue weighted by molar-refractivity contribution is 0.102. The van der Waals surface area contributed by atoms with Crippen LogP contribution in [0.15, 0.2) is 40.9 Å². The number of hydrogen-bond acceptors (Lipinski definition) is 6. The topological polar surface area (TPSA) is 54.9 Å². The van der Waals surface area contributed by atoms with Crippen LogP contribution < -0.4 is 5.32 Å². The Labute approximate surface area is 144 Å². The first kappa shape index (κ1) is 15.5. The molecule has 0 atom stereocenters. The molecule has 1 amide bonds. The quantitative estimate of drug-likeness (QED) is 0.667. The number of rotatable bonds is 4. The molecule has 112 valence electrons. The fourth-order valence-electron chi connectivity index (χ4n) is 1.79. The molecule has 22 heavy (non-hydrogen) atoms. The van der Waals surface area contributed by atoms with Gasteiger partial charge in [-0.05, 0) is 30.5 Å². The smallest absolute Gasteiger partial charge is 0.260 e. The molecule has 3 heterocycles. The van der Waals surface area contributed by atoms with Gasteiger partial charge in [0.2, 0.25) is 0 Å². The maximum absolute atomic E-state index is 12.3. The van der Waals surface area contributed by atoms with Crippen LogP contribution in [0.3, 0.4) is 0 Å². The number of pyridine rings is 1. The van der Waals surface area contributed by atoms with Crippen LogP contribution in [0.25, 0.3) is 10.6 Å². The van der Waals surface area contributed by atoms with E-state index in [-0.39, 0.29) is 5.91 Å².